The van der Waals surface area contributed by atoms with Crippen molar-refractivity contribution in [2.75, 3.05) is 12.4 Å². The van der Waals surface area contributed by atoms with Crippen LogP contribution >= 0.6 is 0 Å². The predicted molar refractivity (Wildman–Crippen MR) is 145 cm³/mol. The number of likely N-dealkylation sites (N-methyl/N-ethyl adjacent to an activating group) is 1. The summed E-state index contributed by atoms with van der Waals surface area (Å²) in [6, 6.07) is 1.96. The zero-order valence-electron chi connectivity index (χ0n) is 20.7. The normalized spacial score (nSPS) is 20.3. The van der Waals surface area contributed by atoms with Crippen molar-refractivity contribution in [3.05, 3.63) is 72.2 Å². The first-order chi connectivity index (χ1) is 17.5. The van der Waals surface area contributed by atoms with E-state index in [0.717, 1.165) is 9.91 Å². The summed E-state index contributed by atoms with van der Waals surface area (Å²) in [5.41, 5.74) is 0.894. The van der Waals surface area contributed by atoms with E-state index in [-0.39, 0.29) is 40.4 Å². The summed E-state index contributed by atoms with van der Waals surface area (Å²) in [7, 11) is -8.97. The standard InChI is InChI=1S/C19H24N4O6S2Se2.2C2H4/c1-3-20-14-8-10-32-18(14)22(12-30(24,25)26)16(20)6-5-7-17-21(4-2)15-9-11-33-19(15)23(17)13-31(27,28)29;2*1-2/h5-11,14,18H,3-4,12-13H2,1-2H3,(H-,24,25,26,27,28,29);2*1-2H2/p-1. The molecule has 0 bridgehead atoms. The van der Waals surface area contributed by atoms with Gasteiger partial charge in [0.05, 0.1) is 0 Å². The van der Waals surface area contributed by atoms with Crippen LogP contribution in [0.15, 0.2) is 66.3 Å². The molecule has 0 amide bonds. The van der Waals surface area contributed by atoms with E-state index in [1.54, 1.807) is 27.7 Å². The fourth-order valence-corrected chi connectivity index (χ4v) is 10.2. The zero-order chi connectivity index (χ0) is 28.0. The quantitative estimate of drug-likeness (QED) is 0.175. The number of rotatable bonds is 8. The van der Waals surface area contributed by atoms with Gasteiger partial charge in [-0.05, 0) is 0 Å². The molecule has 2 aromatic heterocycles. The van der Waals surface area contributed by atoms with E-state index in [2.05, 4.69) is 42.3 Å². The third-order valence-corrected chi connectivity index (χ3v) is 11.0. The molecule has 14 heteroatoms. The Balaban J connectivity index is 0.00000115. The van der Waals surface area contributed by atoms with Gasteiger partial charge in [0.15, 0.2) is 0 Å². The van der Waals surface area contributed by atoms with E-state index in [1.165, 1.54) is 0 Å². The number of imidazole rings is 1. The van der Waals surface area contributed by atoms with E-state index in [9.17, 15) is 25.9 Å². The van der Waals surface area contributed by atoms with Crippen LogP contribution in [0.2, 0.25) is 0 Å². The van der Waals surface area contributed by atoms with Crippen molar-refractivity contribution < 1.29 is 30.5 Å². The van der Waals surface area contributed by atoms with E-state index < -0.39 is 32.0 Å². The summed E-state index contributed by atoms with van der Waals surface area (Å²) >= 11 is -0.0309. The number of nitrogens with zero attached hydrogens (tertiary/aromatic N) is 4. The Bertz CT molecular complexity index is 1390. The molecule has 0 spiro atoms. The van der Waals surface area contributed by atoms with Crippen molar-refractivity contribution in [1.29, 1.82) is 0 Å². The second-order valence-electron chi connectivity index (χ2n) is 7.50. The molecule has 0 N–H and O–H groups in total. The number of allylic oxidation sites excluding steroid dienone is 2. The van der Waals surface area contributed by atoms with Crippen LogP contribution in [0.5, 0.6) is 0 Å². The summed E-state index contributed by atoms with van der Waals surface area (Å²) in [6.07, 6.45) is 7.27. The fourth-order valence-electron chi connectivity index (χ4n) is 4.31. The molecule has 0 saturated carbocycles. The molecule has 0 aliphatic carbocycles. The van der Waals surface area contributed by atoms with Crippen molar-refractivity contribution >= 4 is 65.7 Å². The SMILES string of the molecule is C=C.C=C.CCN1/C(=C\C=C\c2n(CC)c3cc[se]c3[n+]2CS(=O)(=O)[O-])N(CS(=O)(=O)[O-])C2[Se]C=CC21. The molecule has 0 aromatic carbocycles. The predicted octanol–water partition coefficient (Wildman–Crippen LogP) is 1.03. The van der Waals surface area contributed by atoms with Gasteiger partial charge in [-0.15, -0.1) is 26.3 Å². The van der Waals surface area contributed by atoms with Crippen molar-refractivity contribution in [3.8, 4) is 0 Å². The van der Waals surface area contributed by atoms with Crippen LogP contribution in [0, 0.1) is 0 Å². The van der Waals surface area contributed by atoms with Crippen LogP contribution in [0.3, 0.4) is 0 Å². The summed E-state index contributed by atoms with van der Waals surface area (Å²) in [5.74, 6) is -0.0296. The molecule has 10 nitrogen and oxygen atoms in total. The minimum absolute atomic E-state index is 0.0167. The monoisotopic (exact) mass is 683 g/mol. The number of fused-ring (bicyclic) bond motifs is 2. The van der Waals surface area contributed by atoms with Gasteiger partial charge in [0.1, 0.15) is 0 Å². The molecular weight excluding hydrogens is 650 g/mol. The van der Waals surface area contributed by atoms with Gasteiger partial charge in [-0.1, -0.05) is 0 Å². The summed E-state index contributed by atoms with van der Waals surface area (Å²) in [5, 5.41) is 0. The van der Waals surface area contributed by atoms with E-state index in [0.29, 0.717) is 24.7 Å². The van der Waals surface area contributed by atoms with Gasteiger partial charge in [0.25, 0.3) is 0 Å². The molecular formula is C23H31N4O6S2Se2-. The van der Waals surface area contributed by atoms with Crippen LogP contribution in [0.25, 0.3) is 16.0 Å². The van der Waals surface area contributed by atoms with E-state index in [1.807, 2.05) is 29.4 Å². The van der Waals surface area contributed by atoms with Crippen LogP contribution in [-0.4, -0.2) is 93.2 Å². The van der Waals surface area contributed by atoms with Gasteiger partial charge in [-0.2, -0.15) is 0 Å². The van der Waals surface area contributed by atoms with Crippen LogP contribution in [-0.2, 0) is 32.7 Å². The van der Waals surface area contributed by atoms with Crippen molar-refractivity contribution in [1.82, 2.24) is 14.4 Å². The van der Waals surface area contributed by atoms with Crippen molar-refractivity contribution in [3.63, 3.8) is 0 Å². The summed E-state index contributed by atoms with van der Waals surface area (Å²) < 4.78 is 73.8. The summed E-state index contributed by atoms with van der Waals surface area (Å²) in [6.45, 7) is 17.1. The fraction of sp³-hybridized carbons (Fsp3) is 0.348. The number of aryl methyl sites for hydroxylation is 1. The third-order valence-electron chi connectivity index (χ3n) is 5.49. The molecule has 2 aliphatic heterocycles. The van der Waals surface area contributed by atoms with Gasteiger partial charge < -0.3 is 0 Å². The maximum absolute atomic E-state index is 11.6. The Hall–Kier alpha value is -1.89. The molecule has 2 unspecified atom stereocenters. The zero-order valence-corrected chi connectivity index (χ0v) is 25.8. The van der Waals surface area contributed by atoms with Crippen LogP contribution in [0.4, 0.5) is 0 Å². The van der Waals surface area contributed by atoms with Crippen molar-refractivity contribution in [2.24, 2.45) is 0 Å². The second-order valence-corrected chi connectivity index (χ2v) is 14.3. The van der Waals surface area contributed by atoms with Crippen LogP contribution in [0.1, 0.15) is 19.7 Å². The Morgan fingerprint density at radius 1 is 1.05 bits per heavy atom. The van der Waals surface area contributed by atoms with Crippen molar-refractivity contribution in [2.45, 2.75) is 37.3 Å². The average molecular weight is 682 g/mol. The van der Waals surface area contributed by atoms with Gasteiger partial charge in [0.2, 0.25) is 0 Å². The van der Waals surface area contributed by atoms with Gasteiger partial charge in [-0.25, -0.2) is 0 Å². The molecule has 37 heavy (non-hydrogen) atoms. The molecule has 204 valence electrons. The summed E-state index contributed by atoms with van der Waals surface area (Å²) in [4.78, 5) is 7.69. The topological polar surface area (TPSA) is 130 Å². The first kappa shape index (κ1) is 31.3. The first-order valence-corrected chi connectivity index (χ1v) is 18.1. The molecule has 2 aliphatic rings. The van der Waals surface area contributed by atoms with Gasteiger partial charge in [0, 0.05) is 0 Å². The molecule has 1 fully saturated rings. The average Bonchev–Trinajstić information content (AvgIpc) is 3.60. The molecule has 2 atom stereocenters. The van der Waals surface area contributed by atoms with E-state index >= 15 is 0 Å². The van der Waals surface area contributed by atoms with Gasteiger partial charge in [-0.3, -0.25) is 0 Å². The number of hydrogen-bond acceptors (Lipinski definition) is 8. The number of aromatic nitrogens is 2. The molecule has 4 rings (SSSR count). The second kappa shape index (κ2) is 13.3. The maximum atomic E-state index is 11.6. The number of hydrogen-bond donors (Lipinski definition) is 0. The third kappa shape index (κ3) is 7.15. The Labute approximate surface area is 231 Å². The van der Waals surface area contributed by atoms with E-state index in [4.69, 9.17) is 0 Å². The molecule has 2 aromatic rings. The molecule has 0 radical (unpaired) electrons. The van der Waals surface area contributed by atoms with Crippen LogP contribution < -0.4 is 4.57 Å². The first-order valence-electron chi connectivity index (χ1n) is 11.1. The Morgan fingerprint density at radius 2 is 1.73 bits per heavy atom. The van der Waals surface area contributed by atoms with Gasteiger partial charge >= 0.3 is 206 Å². The molecule has 1 saturated heterocycles. The Morgan fingerprint density at radius 3 is 2.30 bits per heavy atom. The minimum atomic E-state index is -4.50. The Kier molecular flexibility index (Phi) is 11.2. The molecule has 4 heterocycles.